The lowest BCUT2D eigenvalue weighted by Gasteiger charge is -2.33. The summed E-state index contributed by atoms with van der Waals surface area (Å²) in [6, 6.07) is 0. The summed E-state index contributed by atoms with van der Waals surface area (Å²) >= 11 is 0. The molecule has 0 saturated carbocycles. The first-order chi connectivity index (χ1) is 5.16. The van der Waals surface area contributed by atoms with Gasteiger partial charge in [-0.15, -0.1) is 0 Å². The molecule has 1 heterocycles. The quantitative estimate of drug-likeness (QED) is 0.401. The fraction of sp³-hybridized carbons (Fsp3) is 1.00. The summed E-state index contributed by atoms with van der Waals surface area (Å²) in [4.78, 5) is 0. The number of hydrogen-bond acceptors (Lipinski definition) is 4. The van der Waals surface area contributed by atoms with Crippen LogP contribution in [0.4, 0.5) is 0 Å². The molecule has 0 aromatic carbocycles. The van der Waals surface area contributed by atoms with Crippen molar-refractivity contribution < 1.29 is 30.6 Å². The zero-order chi connectivity index (χ0) is 8.43. The van der Waals surface area contributed by atoms with Crippen LogP contribution in [0.25, 0.3) is 0 Å². The van der Waals surface area contributed by atoms with E-state index >= 15 is 0 Å². The molecule has 0 amide bonds. The Morgan fingerprint density at radius 2 is 1.83 bits per heavy atom. The minimum atomic E-state index is -1.27. The Balaban J connectivity index is 0.00000121. The average molecular weight is 181 g/mol. The minimum absolute atomic E-state index is 0. The van der Waals surface area contributed by atoms with Gasteiger partial charge in [-0.3, -0.25) is 0 Å². The van der Waals surface area contributed by atoms with E-state index in [1.807, 2.05) is 0 Å². The summed E-state index contributed by atoms with van der Waals surface area (Å²) in [6.07, 6.45) is -4.51. The highest BCUT2D eigenvalue weighted by Crippen LogP contribution is 2.14. The monoisotopic (exact) mass is 181 g/mol. The zero-order valence-electron chi connectivity index (χ0n) is 6.38. The molecular formula is C6H13O6. The molecule has 1 fully saturated rings. The van der Waals surface area contributed by atoms with E-state index in [1.165, 1.54) is 0 Å². The van der Waals surface area contributed by atoms with E-state index in [-0.39, 0.29) is 12.1 Å². The molecule has 0 unspecified atom stereocenters. The maximum absolute atomic E-state index is 10.3. The maximum atomic E-state index is 10.3. The Hall–Kier alpha value is -0.240. The van der Waals surface area contributed by atoms with Gasteiger partial charge in [0.05, 0.1) is 6.61 Å². The summed E-state index contributed by atoms with van der Waals surface area (Å²) in [5.74, 6) is 0. The van der Waals surface area contributed by atoms with E-state index in [0.29, 0.717) is 0 Å². The van der Waals surface area contributed by atoms with E-state index < -0.39 is 31.0 Å². The molecule has 12 heavy (non-hydrogen) atoms. The van der Waals surface area contributed by atoms with Gasteiger partial charge in [0, 0.05) is 0 Å². The Kier molecular flexibility index (Phi) is 4.61. The molecule has 0 spiro atoms. The molecule has 1 rings (SSSR count). The second-order valence-electron chi connectivity index (χ2n) is 2.59. The molecule has 1 aliphatic heterocycles. The Labute approximate surface area is 69.3 Å². The van der Waals surface area contributed by atoms with Gasteiger partial charge in [-0.2, -0.15) is 0 Å². The fourth-order valence-electron chi connectivity index (χ4n) is 1.01. The molecule has 73 valence electrons. The first kappa shape index (κ1) is 11.8. The van der Waals surface area contributed by atoms with E-state index in [0.717, 1.165) is 0 Å². The van der Waals surface area contributed by atoms with Gasteiger partial charge in [-0.25, -0.2) is 5.11 Å². The van der Waals surface area contributed by atoms with Crippen LogP contribution in [0.1, 0.15) is 0 Å². The molecule has 6 heteroatoms. The summed E-state index contributed by atoms with van der Waals surface area (Å²) < 4.78 is 4.75. The van der Waals surface area contributed by atoms with Gasteiger partial charge in [0.15, 0.2) is 0 Å². The molecule has 1 saturated heterocycles. The van der Waals surface area contributed by atoms with Crippen LogP contribution in [0.3, 0.4) is 0 Å². The van der Waals surface area contributed by atoms with E-state index in [2.05, 4.69) is 0 Å². The number of aliphatic hydroxyl groups is 3. The number of hydrogen-bond donors (Lipinski definition) is 3. The van der Waals surface area contributed by atoms with Gasteiger partial charge < -0.3 is 25.5 Å². The first-order valence-electron chi connectivity index (χ1n) is 3.40. The smallest absolute Gasteiger partial charge is 0.113 e. The molecule has 0 aromatic rings. The summed E-state index contributed by atoms with van der Waals surface area (Å²) in [6.45, 7) is -0.698. The first-order valence-corrected chi connectivity index (χ1v) is 3.40. The van der Waals surface area contributed by atoms with E-state index in [1.54, 1.807) is 0 Å². The molecule has 5 N–H and O–H groups in total. The van der Waals surface area contributed by atoms with E-state index in [4.69, 9.17) is 20.1 Å². The second kappa shape index (κ2) is 4.70. The second-order valence-corrected chi connectivity index (χ2v) is 2.59. The Morgan fingerprint density at radius 1 is 1.25 bits per heavy atom. The lowest BCUT2D eigenvalue weighted by atomic mass is 10.0. The lowest BCUT2D eigenvalue weighted by Crippen LogP contribution is -2.53. The maximum Gasteiger partial charge on any atom is 0.113 e. The SMILES string of the molecule is O.[O]C[C@H]1OC[C@H](O)[C@@H](O)[C@@H]1O. The van der Waals surface area contributed by atoms with Gasteiger partial charge in [-0.1, -0.05) is 0 Å². The Morgan fingerprint density at radius 3 is 2.33 bits per heavy atom. The van der Waals surface area contributed by atoms with Crippen molar-refractivity contribution in [1.29, 1.82) is 0 Å². The van der Waals surface area contributed by atoms with Crippen LogP contribution in [0.5, 0.6) is 0 Å². The highest BCUT2D eigenvalue weighted by Gasteiger charge is 2.37. The highest BCUT2D eigenvalue weighted by atomic mass is 16.5. The van der Waals surface area contributed by atoms with Crippen molar-refractivity contribution in [3.8, 4) is 0 Å². The van der Waals surface area contributed by atoms with Gasteiger partial charge >= 0.3 is 0 Å². The normalized spacial score (nSPS) is 42.0. The summed E-state index contributed by atoms with van der Waals surface area (Å²) in [5.41, 5.74) is 0. The van der Waals surface area contributed by atoms with Gasteiger partial charge in [0.2, 0.25) is 0 Å². The average Bonchev–Trinajstić information content (AvgIpc) is 2.01. The number of aliphatic hydroxyl groups excluding tert-OH is 3. The van der Waals surface area contributed by atoms with Crippen molar-refractivity contribution >= 4 is 0 Å². The molecule has 0 aliphatic carbocycles. The van der Waals surface area contributed by atoms with Crippen LogP contribution in [-0.2, 0) is 9.84 Å². The van der Waals surface area contributed by atoms with Crippen LogP contribution in [0, 0.1) is 0 Å². The van der Waals surface area contributed by atoms with Crippen molar-refractivity contribution in [2.45, 2.75) is 24.4 Å². The molecule has 1 radical (unpaired) electrons. The predicted molar refractivity (Wildman–Crippen MR) is 36.9 cm³/mol. The van der Waals surface area contributed by atoms with Crippen molar-refractivity contribution in [2.24, 2.45) is 0 Å². The number of ether oxygens (including phenoxy) is 1. The third kappa shape index (κ3) is 2.13. The zero-order valence-corrected chi connectivity index (χ0v) is 6.38. The van der Waals surface area contributed by atoms with Crippen molar-refractivity contribution in [3.05, 3.63) is 0 Å². The van der Waals surface area contributed by atoms with Gasteiger partial charge in [0.25, 0.3) is 0 Å². The van der Waals surface area contributed by atoms with Crippen LogP contribution in [-0.4, -0.2) is 58.4 Å². The van der Waals surface area contributed by atoms with Crippen molar-refractivity contribution in [1.82, 2.24) is 0 Å². The summed E-state index contributed by atoms with van der Waals surface area (Å²) in [7, 11) is 0. The van der Waals surface area contributed by atoms with Crippen LogP contribution in [0.2, 0.25) is 0 Å². The lowest BCUT2D eigenvalue weighted by molar-refractivity contribution is -0.199. The molecule has 0 aromatic heterocycles. The molecule has 4 atom stereocenters. The minimum Gasteiger partial charge on any atom is -0.412 e. The molecule has 1 aliphatic rings. The largest absolute Gasteiger partial charge is 0.412 e. The topological polar surface area (TPSA) is 121 Å². The number of rotatable bonds is 1. The third-order valence-electron chi connectivity index (χ3n) is 1.77. The van der Waals surface area contributed by atoms with Crippen LogP contribution in [0.15, 0.2) is 0 Å². The summed E-state index contributed by atoms with van der Waals surface area (Å²) in [5, 5.41) is 37.3. The van der Waals surface area contributed by atoms with E-state index in [9.17, 15) is 5.11 Å². The molecule has 6 nitrogen and oxygen atoms in total. The van der Waals surface area contributed by atoms with Crippen molar-refractivity contribution in [3.63, 3.8) is 0 Å². The third-order valence-corrected chi connectivity index (χ3v) is 1.77. The fourth-order valence-corrected chi connectivity index (χ4v) is 1.01. The Bertz CT molecular complexity index is 127. The standard InChI is InChI=1S/C6H11O5.H2O/c7-1-4-6(10)5(9)3(8)2-11-4;/h3-6,8-10H,1-2H2;1H2/t3-,4+,5+,6+;/m0./s1. The highest BCUT2D eigenvalue weighted by molar-refractivity contribution is 4.85. The van der Waals surface area contributed by atoms with Crippen molar-refractivity contribution in [2.75, 3.05) is 13.2 Å². The van der Waals surface area contributed by atoms with Crippen LogP contribution >= 0.6 is 0 Å². The predicted octanol–water partition coefficient (Wildman–Crippen LogP) is -2.93. The van der Waals surface area contributed by atoms with Crippen LogP contribution < -0.4 is 0 Å². The molecular weight excluding hydrogens is 168 g/mol. The van der Waals surface area contributed by atoms with Gasteiger partial charge in [-0.05, 0) is 0 Å². The van der Waals surface area contributed by atoms with Gasteiger partial charge in [0.1, 0.15) is 31.0 Å². The molecule has 0 bridgehead atoms.